The number of nitrogens with one attached hydrogen (secondary N) is 1. The van der Waals surface area contributed by atoms with Gasteiger partial charge in [-0.1, -0.05) is 18.2 Å². The van der Waals surface area contributed by atoms with Crippen LogP contribution in [0.25, 0.3) is 0 Å². The number of aliphatic imine (C=N–C) groups is 1. The number of likely N-dealkylation sites (tertiary alicyclic amines) is 1. The predicted octanol–water partition coefficient (Wildman–Crippen LogP) is 2.30. The van der Waals surface area contributed by atoms with E-state index in [0.717, 1.165) is 31.1 Å². The van der Waals surface area contributed by atoms with Gasteiger partial charge in [-0.25, -0.2) is 0 Å². The van der Waals surface area contributed by atoms with Crippen LogP contribution in [-0.4, -0.2) is 56.2 Å². The minimum absolute atomic E-state index is 0.00444. The summed E-state index contributed by atoms with van der Waals surface area (Å²) in [6, 6.07) is 9.77. The van der Waals surface area contributed by atoms with Crippen molar-refractivity contribution in [1.82, 2.24) is 10.2 Å². The summed E-state index contributed by atoms with van der Waals surface area (Å²) in [5.41, 5.74) is 0. The van der Waals surface area contributed by atoms with Gasteiger partial charge in [0.05, 0.1) is 19.1 Å². The highest BCUT2D eigenvalue weighted by atomic mass is 16.5. The van der Waals surface area contributed by atoms with Crippen LogP contribution in [0.4, 0.5) is 0 Å². The second-order valence-corrected chi connectivity index (χ2v) is 6.21. The fraction of sp³-hybridized carbons (Fsp3) is 0.579. The van der Waals surface area contributed by atoms with Gasteiger partial charge in [0.2, 0.25) is 0 Å². The Balaban J connectivity index is 1.84. The molecule has 1 aromatic rings. The maximum absolute atomic E-state index is 12.0. The number of ether oxygens (including phenoxy) is 2. The Morgan fingerprint density at radius 1 is 1.40 bits per heavy atom. The average Bonchev–Trinajstić information content (AvgIpc) is 2.63. The predicted molar refractivity (Wildman–Crippen MR) is 98.8 cm³/mol. The number of para-hydroxylation sites is 1. The van der Waals surface area contributed by atoms with E-state index in [1.54, 1.807) is 7.05 Å². The van der Waals surface area contributed by atoms with Crippen molar-refractivity contribution in [3.8, 4) is 5.75 Å². The summed E-state index contributed by atoms with van der Waals surface area (Å²) in [6.45, 7) is 6.47. The topological polar surface area (TPSA) is 63.2 Å². The van der Waals surface area contributed by atoms with Gasteiger partial charge in [0, 0.05) is 20.1 Å². The maximum atomic E-state index is 12.0. The van der Waals surface area contributed by atoms with Gasteiger partial charge in [0.1, 0.15) is 11.9 Å². The van der Waals surface area contributed by atoms with Crippen molar-refractivity contribution in [1.29, 1.82) is 0 Å². The van der Waals surface area contributed by atoms with E-state index in [1.807, 2.05) is 44.2 Å². The summed E-state index contributed by atoms with van der Waals surface area (Å²) in [5, 5.41) is 3.35. The molecule has 0 spiro atoms. The van der Waals surface area contributed by atoms with Gasteiger partial charge < -0.3 is 19.7 Å². The molecule has 1 aliphatic heterocycles. The summed E-state index contributed by atoms with van der Waals surface area (Å²) in [4.78, 5) is 18.5. The third kappa shape index (κ3) is 5.96. The quantitative estimate of drug-likeness (QED) is 0.486. The second-order valence-electron chi connectivity index (χ2n) is 6.21. The number of carbonyl (C=O) groups is 1. The molecule has 1 aliphatic rings. The van der Waals surface area contributed by atoms with E-state index in [2.05, 4.69) is 15.2 Å². The van der Waals surface area contributed by atoms with E-state index in [0.29, 0.717) is 19.7 Å². The van der Waals surface area contributed by atoms with Crippen molar-refractivity contribution in [3.63, 3.8) is 0 Å². The van der Waals surface area contributed by atoms with Gasteiger partial charge in [-0.05, 0) is 38.8 Å². The molecule has 25 heavy (non-hydrogen) atoms. The highest BCUT2D eigenvalue weighted by molar-refractivity contribution is 5.81. The molecule has 2 atom stereocenters. The van der Waals surface area contributed by atoms with Crippen LogP contribution < -0.4 is 10.1 Å². The van der Waals surface area contributed by atoms with Gasteiger partial charge in [-0.3, -0.25) is 9.79 Å². The van der Waals surface area contributed by atoms with E-state index >= 15 is 0 Å². The van der Waals surface area contributed by atoms with Crippen LogP contribution in [0, 0.1) is 5.92 Å². The van der Waals surface area contributed by atoms with E-state index in [-0.39, 0.29) is 18.0 Å². The van der Waals surface area contributed by atoms with Crippen molar-refractivity contribution in [2.24, 2.45) is 10.9 Å². The first-order chi connectivity index (χ1) is 12.1. The molecule has 0 aliphatic carbocycles. The highest BCUT2D eigenvalue weighted by Crippen LogP contribution is 2.18. The molecule has 6 nitrogen and oxygen atoms in total. The molecule has 6 heteroatoms. The number of esters is 1. The number of benzene rings is 1. The van der Waals surface area contributed by atoms with Crippen molar-refractivity contribution in [3.05, 3.63) is 30.3 Å². The smallest absolute Gasteiger partial charge is 0.310 e. The van der Waals surface area contributed by atoms with Gasteiger partial charge in [0.25, 0.3) is 0 Å². The third-order valence-electron chi connectivity index (χ3n) is 4.18. The fourth-order valence-electron chi connectivity index (χ4n) is 2.96. The molecule has 2 unspecified atom stereocenters. The van der Waals surface area contributed by atoms with Gasteiger partial charge >= 0.3 is 5.97 Å². The van der Waals surface area contributed by atoms with E-state index in [1.165, 1.54) is 0 Å². The Bertz CT molecular complexity index is 562. The molecule has 1 N–H and O–H groups in total. The molecule has 1 aromatic carbocycles. The van der Waals surface area contributed by atoms with Crippen LogP contribution in [0.15, 0.2) is 35.3 Å². The lowest BCUT2D eigenvalue weighted by atomic mass is 9.98. The standard InChI is InChI=1S/C19H29N3O3/c1-4-24-18(23)16-9-8-12-22(14-16)19(20-3)21-13-15(2)25-17-10-6-5-7-11-17/h5-7,10-11,15-16H,4,8-9,12-14H2,1-3H3,(H,20,21). The number of hydrogen-bond donors (Lipinski definition) is 1. The summed E-state index contributed by atoms with van der Waals surface area (Å²) >= 11 is 0. The second kappa shape index (κ2) is 9.91. The molecular formula is C19H29N3O3. The number of nitrogens with zero attached hydrogens (tertiary/aromatic N) is 2. The Morgan fingerprint density at radius 3 is 2.84 bits per heavy atom. The first-order valence-electron chi connectivity index (χ1n) is 8.98. The Morgan fingerprint density at radius 2 is 2.16 bits per heavy atom. The average molecular weight is 347 g/mol. The zero-order valence-corrected chi connectivity index (χ0v) is 15.4. The van der Waals surface area contributed by atoms with Crippen LogP contribution in [-0.2, 0) is 9.53 Å². The molecule has 0 radical (unpaired) electrons. The molecule has 2 rings (SSSR count). The van der Waals surface area contributed by atoms with Crippen molar-refractivity contribution in [2.45, 2.75) is 32.8 Å². The van der Waals surface area contributed by atoms with E-state index < -0.39 is 0 Å². The van der Waals surface area contributed by atoms with Gasteiger partial charge in [-0.2, -0.15) is 0 Å². The molecular weight excluding hydrogens is 318 g/mol. The minimum atomic E-state index is -0.108. The molecule has 1 saturated heterocycles. The summed E-state index contributed by atoms with van der Waals surface area (Å²) in [7, 11) is 1.76. The summed E-state index contributed by atoms with van der Waals surface area (Å²) in [5.74, 6) is 1.47. The maximum Gasteiger partial charge on any atom is 0.310 e. The molecule has 0 amide bonds. The van der Waals surface area contributed by atoms with Crippen LogP contribution in [0.2, 0.25) is 0 Å². The van der Waals surface area contributed by atoms with Crippen LogP contribution in [0.3, 0.4) is 0 Å². The molecule has 1 heterocycles. The van der Waals surface area contributed by atoms with E-state index in [9.17, 15) is 4.79 Å². The first-order valence-corrected chi connectivity index (χ1v) is 8.98. The molecule has 0 aromatic heterocycles. The number of carbonyl (C=O) groups excluding carboxylic acids is 1. The first kappa shape index (κ1) is 19.1. The van der Waals surface area contributed by atoms with E-state index in [4.69, 9.17) is 9.47 Å². The molecule has 0 saturated carbocycles. The lowest BCUT2D eigenvalue weighted by Crippen LogP contribution is -2.49. The van der Waals surface area contributed by atoms with Crippen LogP contribution in [0.1, 0.15) is 26.7 Å². The number of piperidine rings is 1. The van der Waals surface area contributed by atoms with Gasteiger partial charge in [-0.15, -0.1) is 0 Å². The van der Waals surface area contributed by atoms with Crippen molar-refractivity contribution < 1.29 is 14.3 Å². The SMILES string of the molecule is CCOC(=O)C1CCCN(C(=NC)NCC(C)Oc2ccccc2)C1. The summed E-state index contributed by atoms with van der Waals surface area (Å²) < 4.78 is 11.0. The zero-order valence-electron chi connectivity index (χ0n) is 15.4. The Hall–Kier alpha value is -2.24. The molecule has 1 fully saturated rings. The highest BCUT2D eigenvalue weighted by Gasteiger charge is 2.28. The largest absolute Gasteiger partial charge is 0.489 e. The lowest BCUT2D eigenvalue weighted by Gasteiger charge is -2.34. The molecule has 0 bridgehead atoms. The number of rotatable bonds is 6. The van der Waals surface area contributed by atoms with Gasteiger partial charge in [0.15, 0.2) is 5.96 Å². The fourth-order valence-corrected chi connectivity index (χ4v) is 2.96. The van der Waals surface area contributed by atoms with Crippen molar-refractivity contribution >= 4 is 11.9 Å². The summed E-state index contributed by atoms with van der Waals surface area (Å²) in [6.07, 6.45) is 1.84. The normalized spacial score (nSPS) is 19.2. The number of hydrogen-bond acceptors (Lipinski definition) is 4. The minimum Gasteiger partial charge on any atom is -0.489 e. The Labute approximate surface area is 150 Å². The van der Waals surface area contributed by atoms with Crippen molar-refractivity contribution in [2.75, 3.05) is 33.3 Å². The van der Waals surface area contributed by atoms with Crippen LogP contribution >= 0.6 is 0 Å². The molecule has 138 valence electrons. The zero-order chi connectivity index (χ0) is 18.1. The lowest BCUT2D eigenvalue weighted by molar-refractivity contribution is -0.149. The number of guanidine groups is 1. The van der Waals surface area contributed by atoms with Crippen LogP contribution in [0.5, 0.6) is 5.75 Å². The Kier molecular flexibility index (Phi) is 7.57. The monoisotopic (exact) mass is 347 g/mol. The third-order valence-corrected chi connectivity index (χ3v) is 4.18.